The minimum Gasteiger partial charge on any atom is -0.374 e. The van der Waals surface area contributed by atoms with Gasteiger partial charge in [-0.2, -0.15) is 13.2 Å². The summed E-state index contributed by atoms with van der Waals surface area (Å²) in [6.07, 6.45) is -1.19. The number of hydrogen-bond acceptors (Lipinski definition) is 3. The quantitative estimate of drug-likeness (QED) is 0.175. The molecule has 11 heteroatoms. The zero-order valence-electron chi connectivity index (χ0n) is 16.3. The lowest BCUT2D eigenvalue weighted by Crippen LogP contribution is -2.08. The average molecular weight is 536 g/mol. The molecule has 0 radical (unpaired) electrons. The molecule has 0 aliphatic carbocycles. The van der Waals surface area contributed by atoms with Crippen molar-refractivity contribution in [2.45, 2.75) is 17.0 Å². The van der Waals surface area contributed by atoms with E-state index in [4.69, 9.17) is 0 Å². The number of pyridine rings is 1. The van der Waals surface area contributed by atoms with E-state index in [9.17, 15) is 22.0 Å². The molecule has 0 bridgehead atoms. The fraction of sp³-hybridized carbons (Fsp3) is 0.250. The Balaban J connectivity index is 1.86. The lowest BCUT2D eigenvalue weighted by atomic mass is 10.2. The lowest BCUT2D eigenvalue weighted by molar-refractivity contribution is -0.0329. The smallest absolute Gasteiger partial charge is 0.374 e. The van der Waals surface area contributed by atoms with Crippen LogP contribution in [0.1, 0.15) is 17.7 Å². The van der Waals surface area contributed by atoms with Gasteiger partial charge in [-0.15, -0.1) is 0 Å². The summed E-state index contributed by atoms with van der Waals surface area (Å²) in [5.74, 6) is 5.32. The molecule has 3 aromatic rings. The van der Waals surface area contributed by atoms with Gasteiger partial charge < -0.3 is 5.32 Å². The third-order valence-corrected chi connectivity index (χ3v) is 6.88. The molecule has 0 fully saturated rings. The van der Waals surface area contributed by atoms with E-state index in [-0.39, 0.29) is 40.3 Å². The monoisotopic (exact) mass is 535 g/mol. The number of hydrogen-bond donors (Lipinski definition) is 1. The number of rotatable bonds is 5. The van der Waals surface area contributed by atoms with Gasteiger partial charge in [0.2, 0.25) is 0 Å². The molecule has 0 spiro atoms. The van der Waals surface area contributed by atoms with Crippen molar-refractivity contribution in [3.05, 3.63) is 52.3 Å². The van der Waals surface area contributed by atoms with E-state index in [1.807, 2.05) is 13.3 Å². The highest BCUT2D eigenvalue weighted by Gasteiger charge is 2.33. The largest absolute Gasteiger partial charge is 0.447 e. The van der Waals surface area contributed by atoms with Crippen LogP contribution in [0.2, 0.25) is 0 Å². The summed E-state index contributed by atoms with van der Waals surface area (Å²) in [6, 6.07) is 8.09. The number of nitrogens with one attached hydrogen (secondary N) is 1. The first kappa shape index (κ1) is 23.8. The van der Waals surface area contributed by atoms with Crippen LogP contribution in [-0.2, 0) is 0 Å². The highest BCUT2D eigenvalue weighted by atomic mass is 79.9. The van der Waals surface area contributed by atoms with Gasteiger partial charge in [-0.3, -0.25) is 4.40 Å². The van der Waals surface area contributed by atoms with Crippen LogP contribution in [0.3, 0.4) is 0 Å². The maximum Gasteiger partial charge on any atom is 0.447 e. The second-order valence-corrected chi connectivity index (χ2v) is 10.7. The molecule has 31 heavy (non-hydrogen) atoms. The molecule has 2 aromatic heterocycles. The van der Waals surface area contributed by atoms with E-state index in [0.29, 0.717) is 10.1 Å². The first-order valence-corrected chi connectivity index (χ1v) is 12.7. The predicted octanol–water partition coefficient (Wildman–Crippen LogP) is 6.48. The Morgan fingerprint density at radius 3 is 2.65 bits per heavy atom. The van der Waals surface area contributed by atoms with Crippen molar-refractivity contribution < 1.29 is 22.0 Å². The van der Waals surface area contributed by atoms with E-state index in [2.05, 4.69) is 38.1 Å². The Kier molecular flexibility index (Phi) is 7.51. The maximum absolute atomic E-state index is 13.4. The molecule has 0 saturated heterocycles. The predicted molar refractivity (Wildman–Crippen MR) is 120 cm³/mol. The molecule has 2 heterocycles. The van der Waals surface area contributed by atoms with Crippen molar-refractivity contribution >= 4 is 52.3 Å². The van der Waals surface area contributed by atoms with E-state index in [1.54, 1.807) is 24.3 Å². The van der Waals surface area contributed by atoms with E-state index < -0.39 is 19.9 Å². The molecule has 3 nitrogen and oxygen atoms in total. The number of thioether (sulfide) groups is 1. The van der Waals surface area contributed by atoms with Crippen LogP contribution in [-0.4, -0.2) is 34.8 Å². The fourth-order valence-corrected chi connectivity index (χ4v) is 4.60. The first-order valence-electron chi connectivity index (χ1n) is 8.81. The normalized spacial score (nSPS) is 11.8. The molecule has 1 aromatic carbocycles. The zero-order chi connectivity index (χ0) is 22.8. The number of aromatic nitrogens is 2. The van der Waals surface area contributed by atoms with Crippen LogP contribution in [0.15, 0.2) is 46.0 Å². The Bertz CT molecular complexity index is 1150. The Morgan fingerprint density at radius 1 is 1.26 bits per heavy atom. The second kappa shape index (κ2) is 9.76. The van der Waals surface area contributed by atoms with Crippen molar-refractivity contribution in [2.24, 2.45) is 0 Å². The molecule has 0 amide bonds. The van der Waals surface area contributed by atoms with Gasteiger partial charge in [0.05, 0.1) is 11.0 Å². The molecule has 0 saturated carbocycles. The third-order valence-electron chi connectivity index (χ3n) is 4.13. The average Bonchev–Trinajstić information content (AvgIpc) is 3.02. The van der Waals surface area contributed by atoms with Crippen LogP contribution in [0.25, 0.3) is 5.65 Å². The molecule has 0 aliphatic rings. The van der Waals surface area contributed by atoms with Gasteiger partial charge in [-0.05, 0) is 64.8 Å². The zero-order valence-corrected chi connectivity index (χ0v) is 19.6. The van der Waals surface area contributed by atoms with Crippen molar-refractivity contribution in [3.63, 3.8) is 0 Å². The number of imidazole rings is 1. The lowest BCUT2D eigenvalue weighted by Gasteiger charge is -2.13. The summed E-state index contributed by atoms with van der Waals surface area (Å²) in [5.41, 5.74) is -4.13. The molecule has 1 N–H and O–H groups in total. The molecular weight excluding hydrogens is 520 g/mol. The third kappa shape index (κ3) is 5.91. The highest BCUT2D eigenvalue weighted by molar-refractivity contribution is 9.10. The second-order valence-electron chi connectivity index (χ2n) is 6.49. The molecule has 0 aliphatic heterocycles. The minimum absolute atomic E-state index is 0.0305. The number of anilines is 1. The number of fused-ring (bicyclic) bond motifs is 1. The molecule has 164 valence electrons. The van der Waals surface area contributed by atoms with Gasteiger partial charge in [0.15, 0.2) is 5.65 Å². The van der Waals surface area contributed by atoms with Gasteiger partial charge in [0.1, 0.15) is 10.7 Å². The van der Waals surface area contributed by atoms with Crippen LogP contribution in [0.4, 0.5) is 27.6 Å². The Labute approximate surface area is 189 Å². The summed E-state index contributed by atoms with van der Waals surface area (Å²) >= 11 is 2.97. The van der Waals surface area contributed by atoms with E-state index >= 15 is 0 Å². The van der Waals surface area contributed by atoms with Crippen molar-refractivity contribution in [1.82, 2.24) is 9.38 Å². The summed E-state index contributed by atoms with van der Waals surface area (Å²) in [7, 11) is -0.521. The maximum atomic E-state index is 13.4. The molecule has 3 rings (SSSR count). The summed E-state index contributed by atoms with van der Waals surface area (Å²) in [5, 5.41) is 3.52. The summed E-state index contributed by atoms with van der Waals surface area (Å²) in [4.78, 5) is 4.19. The molecule has 0 unspecified atom stereocenters. The SMILES string of the molecule is CP(C)c1ccc(NCC#Cc2nc3c(Br)cccn3c2SC(F)(F)F)c(C(F)F)c1. The van der Waals surface area contributed by atoms with Crippen molar-refractivity contribution in [2.75, 3.05) is 25.2 Å². The fourth-order valence-electron chi connectivity index (χ4n) is 2.74. The van der Waals surface area contributed by atoms with E-state index in [1.165, 1.54) is 16.7 Å². The topological polar surface area (TPSA) is 29.3 Å². The van der Waals surface area contributed by atoms with E-state index in [0.717, 1.165) is 5.30 Å². The van der Waals surface area contributed by atoms with Gasteiger partial charge in [-0.1, -0.05) is 19.9 Å². The van der Waals surface area contributed by atoms with Crippen molar-refractivity contribution in [1.29, 1.82) is 0 Å². The number of halogens is 6. The standard InChI is InChI=1S/C20H16BrF5N3PS/c1-30(2)12-7-8-15(13(11-12)17(22)23)27-9-3-6-16-19(31-20(24,25)26)29-10-4-5-14(21)18(29)28-16/h4-5,7-8,10-11,17,27H,9H2,1-2H3. The number of nitrogens with zero attached hydrogens (tertiary/aromatic N) is 2. The summed E-state index contributed by atoms with van der Waals surface area (Å²) < 4.78 is 67.7. The van der Waals surface area contributed by atoms with Gasteiger partial charge in [0.25, 0.3) is 6.43 Å². The molecular formula is C20H16BrF5N3PS. The van der Waals surface area contributed by atoms with Crippen molar-refractivity contribution in [3.8, 4) is 11.8 Å². The van der Waals surface area contributed by atoms with Gasteiger partial charge >= 0.3 is 5.51 Å². The Hall–Kier alpha value is -1.82. The van der Waals surface area contributed by atoms with Crippen LogP contribution >= 0.6 is 35.6 Å². The van der Waals surface area contributed by atoms with Gasteiger partial charge in [-0.25, -0.2) is 13.8 Å². The minimum atomic E-state index is -4.52. The van der Waals surface area contributed by atoms with Crippen LogP contribution in [0, 0.1) is 11.8 Å². The number of benzene rings is 1. The van der Waals surface area contributed by atoms with Crippen LogP contribution < -0.4 is 10.6 Å². The Morgan fingerprint density at radius 2 is 2.00 bits per heavy atom. The summed E-state index contributed by atoms with van der Waals surface area (Å²) in [6.45, 7) is 3.92. The van der Waals surface area contributed by atoms with Crippen LogP contribution in [0.5, 0.6) is 0 Å². The first-order chi connectivity index (χ1) is 14.6. The van der Waals surface area contributed by atoms with Gasteiger partial charge in [0, 0.05) is 29.2 Å². The highest BCUT2D eigenvalue weighted by Crippen LogP contribution is 2.39. The number of alkyl halides is 5. The molecule has 0 atom stereocenters.